The molecule has 3 rings (SSSR count). The number of esters is 1. The van der Waals surface area contributed by atoms with E-state index in [1.54, 1.807) is 25.3 Å². The van der Waals surface area contributed by atoms with E-state index in [0.29, 0.717) is 22.0 Å². The second-order valence-electron chi connectivity index (χ2n) is 5.33. The molecule has 3 aromatic rings. The maximum atomic E-state index is 12.3. The Hall–Kier alpha value is -2.44. The number of carbonyl (C=O) groups excluding carboxylic acids is 1. The van der Waals surface area contributed by atoms with Crippen molar-refractivity contribution in [3.05, 3.63) is 64.9 Å². The summed E-state index contributed by atoms with van der Waals surface area (Å²) in [5, 5.41) is 4.35. The SMILES string of the molecule is COc1ccc(-c2cc(COC(=O)c3cc(SC)ccc3Cl)on2)cc1. The standard InChI is InChI=1S/C19H16ClNO4S/c1-23-13-5-3-12(4-6-13)18-9-14(25-21-18)11-24-19(22)16-10-15(26-2)7-8-17(16)20/h3-10H,11H2,1-2H3. The molecule has 0 amide bonds. The average Bonchev–Trinajstić information content (AvgIpc) is 3.15. The predicted molar refractivity (Wildman–Crippen MR) is 101 cm³/mol. The van der Waals surface area contributed by atoms with Gasteiger partial charge < -0.3 is 14.0 Å². The van der Waals surface area contributed by atoms with Gasteiger partial charge in [0.25, 0.3) is 0 Å². The van der Waals surface area contributed by atoms with E-state index in [1.807, 2.05) is 36.6 Å². The van der Waals surface area contributed by atoms with Crippen molar-refractivity contribution in [3.63, 3.8) is 0 Å². The molecule has 0 spiro atoms. The van der Waals surface area contributed by atoms with Crippen molar-refractivity contribution >= 4 is 29.3 Å². The minimum Gasteiger partial charge on any atom is -0.497 e. The Bertz CT molecular complexity index is 908. The van der Waals surface area contributed by atoms with Gasteiger partial charge in [-0.05, 0) is 48.7 Å². The molecule has 0 unspecified atom stereocenters. The molecule has 0 bridgehead atoms. The monoisotopic (exact) mass is 389 g/mol. The van der Waals surface area contributed by atoms with Gasteiger partial charge in [0.2, 0.25) is 0 Å². The number of hydrogen-bond donors (Lipinski definition) is 0. The molecule has 7 heteroatoms. The van der Waals surface area contributed by atoms with E-state index < -0.39 is 5.97 Å². The van der Waals surface area contributed by atoms with Crippen molar-refractivity contribution in [1.82, 2.24) is 5.16 Å². The lowest BCUT2D eigenvalue weighted by atomic mass is 10.1. The van der Waals surface area contributed by atoms with E-state index in [9.17, 15) is 4.79 Å². The van der Waals surface area contributed by atoms with E-state index in [0.717, 1.165) is 16.2 Å². The fourth-order valence-corrected chi connectivity index (χ4v) is 2.92. The maximum absolute atomic E-state index is 12.3. The van der Waals surface area contributed by atoms with E-state index >= 15 is 0 Å². The number of carbonyl (C=O) groups is 1. The molecule has 0 N–H and O–H groups in total. The summed E-state index contributed by atoms with van der Waals surface area (Å²) >= 11 is 7.61. The topological polar surface area (TPSA) is 61.6 Å². The van der Waals surface area contributed by atoms with Gasteiger partial charge in [0, 0.05) is 16.5 Å². The van der Waals surface area contributed by atoms with Gasteiger partial charge in [0.05, 0.1) is 17.7 Å². The first-order valence-electron chi connectivity index (χ1n) is 7.71. The van der Waals surface area contributed by atoms with Crippen LogP contribution < -0.4 is 4.74 Å². The molecular weight excluding hydrogens is 374 g/mol. The molecule has 5 nitrogen and oxygen atoms in total. The van der Waals surface area contributed by atoms with E-state index in [2.05, 4.69) is 5.16 Å². The number of aromatic nitrogens is 1. The van der Waals surface area contributed by atoms with Crippen LogP contribution in [0.15, 0.2) is 57.9 Å². The minimum absolute atomic E-state index is 0.0260. The average molecular weight is 390 g/mol. The second kappa shape index (κ2) is 8.29. The lowest BCUT2D eigenvalue weighted by Crippen LogP contribution is -2.05. The van der Waals surface area contributed by atoms with Crippen molar-refractivity contribution in [1.29, 1.82) is 0 Å². The molecule has 0 atom stereocenters. The van der Waals surface area contributed by atoms with Gasteiger partial charge in [0.15, 0.2) is 12.4 Å². The first-order valence-corrected chi connectivity index (χ1v) is 9.31. The Kier molecular flexibility index (Phi) is 5.85. The van der Waals surface area contributed by atoms with E-state index in [1.165, 1.54) is 11.8 Å². The van der Waals surface area contributed by atoms with Crippen LogP contribution in [-0.2, 0) is 11.3 Å². The van der Waals surface area contributed by atoms with E-state index in [-0.39, 0.29) is 6.61 Å². The molecule has 26 heavy (non-hydrogen) atoms. The highest BCUT2D eigenvalue weighted by Crippen LogP contribution is 2.25. The van der Waals surface area contributed by atoms with Gasteiger partial charge in [-0.25, -0.2) is 4.79 Å². The Morgan fingerprint density at radius 2 is 1.96 bits per heavy atom. The van der Waals surface area contributed by atoms with Crippen LogP contribution in [0.3, 0.4) is 0 Å². The van der Waals surface area contributed by atoms with Gasteiger partial charge in [-0.2, -0.15) is 0 Å². The maximum Gasteiger partial charge on any atom is 0.340 e. The summed E-state index contributed by atoms with van der Waals surface area (Å²) in [6.07, 6.45) is 1.92. The fraction of sp³-hybridized carbons (Fsp3) is 0.158. The number of rotatable bonds is 6. The molecular formula is C19H16ClNO4S. The Morgan fingerprint density at radius 1 is 1.19 bits per heavy atom. The number of benzene rings is 2. The van der Waals surface area contributed by atoms with Crippen LogP contribution in [0.1, 0.15) is 16.1 Å². The summed E-state index contributed by atoms with van der Waals surface area (Å²) in [5.41, 5.74) is 1.86. The number of thioether (sulfide) groups is 1. The summed E-state index contributed by atoms with van der Waals surface area (Å²) in [5.74, 6) is 0.699. The molecule has 0 fully saturated rings. The number of hydrogen-bond acceptors (Lipinski definition) is 6. The number of halogens is 1. The Balaban J connectivity index is 1.67. The van der Waals surface area contributed by atoms with Gasteiger partial charge in [-0.15, -0.1) is 11.8 Å². The van der Waals surface area contributed by atoms with Crippen molar-refractivity contribution in [2.45, 2.75) is 11.5 Å². The highest BCUT2D eigenvalue weighted by molar-refractivity contribution is 7.98. The van der Waals surface area contributed by atoms with Gasteiger partial charge >= 0.3 is 5.97 Å². The third-order valence-corrected chi connectivity index (χ3v) is 4.74. The smallest absolute Gasteiger partial charge is 0.340 e. The molecule has 0 saturated heterocycles. The molecule has 0 aliphatic rings. The van der Waals surface area contributed by atoms with Crippen molar-refractivity contribution in [3.8, 4) is 17.0 Å². The second-order valence-corrected chi connectivity index (χ2v) is 6.62. The van der Waals surface area contributed by atoms with Crippen LogP contribution in [-0.4, -0.2) is 24.5 Å². The fourth-order valence-electron chi connectivity index (χ4n) is 2.28. The van der Waals surface area contributed by atoms with Crippen LogP contribution in [0, 0.1) is 0 Å². The predicted octanol–water partition coefficient (Wildman–Crippen LogP) is 5.08. The molecule has 1 aromatic heterocycles. The van der Waals surface area contributed by atoms with Gasteiger partial charge in [-0.1, -0.05) is 16.8 Å². The largest absolute Gasteiger partial charge is 0.497 e. The molecule has 0 aliphatic carbocycles. The first kappa shape index (κ1) is 18.4. The Labute approximate surface area is 160 Å². The number of methoxy groups -OCH3 is 1. The van der Waals surface area contributed by atoms with Crippen LogP contribution in [0.4, 0.5) is 0 Å². The molecule has 2 aromatic carbocycles. The van der Waals surface area contributed by atoms with Gasteiger partial charge in [-0.3, -0.25) is 0 Å². The highest BCUT2D eigenvalue weighted by atomic mass is 35.5. The van der Waals surface area contributed by atoms with Crippen LogP contribution in [0.25, 0.3) is 11.3 Å². The lowest BCUT2D eigenvalue weighted by Gasteiger charge is -2.06. The highest BCUT2D eigenvalue weighted by Gasteiger charge is 2.15. The van der Waals surface area contributed by atoms with Crippen molar-refractivity contribution in [2.24, 2.45) is 0 Å². The number of ether oxygens (including phenoxy) is 2. The van der Waals surface area contributed by atoms with Crippen LogP contribution in [0.5, 0.6) is 5.75 Å². The molecule has 0 aliphatic heterocycles. The minimum atomic E-state index is -0.506. The zero-order valence-corrected chi connectivity index (χ0v) is 15.8. The van der Waals surface area contributed by atoms with E-state index in [4.69, 9.17) is 25.6 Å². The van der Waals surface area contributed by atoms with Crippen LogP contribution in [0.2, 0.25) is 5.02 Å². The lowest BCUT2D eigenvalue weighted by molar-refractivity contribution is 0.0437. The molecule has 134 valence electrons. The van der Waals surface area contributed by atoms with Crippen molar-refractivity contribution < 1.29 is 18.8 Å². The summed E-state index contributed by atoms with van der Waals surface area (Å²) in [6, 6.07) is 14.4. The summed E-state index contributed by atoms with van der Waals surface area (Å²) in [7, 11) is 1.61. The van der Waals surface area contributed by atoms with Gasteiger partial charge in [0.1, 0.15) is 11.4 Å². The molecule has 1 heterocycles. The zero-order valence-electron chi connectivity index (χ0n) is 14.2. The number of nitrogens with zero attached hydrogens (tertiary/aromatic N) is 1. The molecule has 0 radical (unpaired) electrons. The third kappa shape index (κ3) is 4.20. The normalized spacial score (nSPS) is 10.6. The quantitative estimate of drug-likeness (QED) is 0.432. The first-order chi connectivity index (χ1) is 12.6. The zero-order chi connectivity index (χ0) is 18.5. The third-order valence-electron chi connectivity index (χ3n) is 3.68. The summed E-state index contributed by atoms with van der Waals surface area (Å²) in [4.78, 5) is 13.2. The molecule has 0 saturated carbocycles. The van der Waals surface area contributed by atoms with Crippen LogP contribution >= 0.6 is 23.4 Å². The Morgan fingerprint density at radius 3 is 2.65 bits per heavy atom. The summed E-state index contributed by atoms with van der Waals surface area (Å²) in [6.45, 7) is -0.0260. The summed E-state index contributed by atoms with van der Waals surface area (Å²) < 4.78 is 15.7. The van der Waals surface area contributed by atoms with Crippen molar-refractivity contribution in [2.75, 3.05) is 13.4 Å².